The third-order valence-corrected chi connectivity index (χ3v) is 8.83. The molecule has 1 heterocycles. The summed E-state index contributed by atoms with van der Waals surface area (Å²) >= 11 is 0. The summed E-state index contributed by atoms with van der Waals surface area (Å²) < 4.78 is 23.7. The van der Waals surface area contributed by atoms with Crippen LogP contribution >= 0.6 is 15.2 Å². The lowest BCUT2D eigenvalue weighted by Gasteiger charge is -2.45. The summed E-state index contributed by atoms with van der Waals surface area (Å²) in [5.41, 5.74) is 0. The average molecular weight is 316 g/mol. The molecule has 7 nitrogen and oxygen atoms in total. The summed E-state index contributed by atoms with van der Waals surface area (Å²) in [6.07, 6.45) is 2.49. The maximum absolute atomic E-state index is 11.6. The Morgan fingerprint density at radius 1 is 1.11 bits per heavy atom. The van der Waals surface area contributed by atoms with Gasteiger partial charge in [0.15, 0.2) is 4.90 Å². The zero-order valence-corrected chi connectivity index (χ0v) is 13.3. The van der Waals surface area contributed by atoms with Crippen LogP contribution in [0.25, 0.3) is 0 Å². The van der Waals surface area contributed by atoms with E-state index in [1.807, 2.05) is 14.1 Å². The van der Waals surface area contributed by atoms with Gasteiger partial charge in [-0.1, -0.05) is 0 Å². The number of nitrogens with zero attached hydrogens (tertiary/aromatic N) is 1. The molecule has 1 unspecified atom stereocenters. The van der Waals surface area contributed by atoms with Crippen LogP contribution < -0.4 is 0 Å². The number of likely N-dealkylation sites (tertiary alicyclic amines) is 1. The minimum atomic E-state index is -4.91. The molecule has 1 rings (SSSR count). The van der Waals surface area contributed by atoms with E-state index in [-0.39, 0.29) is 12.5 Å². The molecule has 9 heteroatoms. The highest BCUT2D eigenvalue weighted by Crippen LogP contribution is 2.71. The lowest BCUT2D eigenvalue weighted by Crippen LogP contribution is -2.54. The first-order chi connectivity index (χ1) is 8.31. The second-order valence-corrected chi connectivity index (χ2v) is 10.7. The van der Waals surface area contributed by atoms with Gasteiger partial charge in [-0.3, -0.25) is 9.13 Å². The lowest BCUT2D eigenvalue weighted by atomic mass is 9.96. The zero-order chi connectivity index (χ0) is 15.1. The van der Waals surface area contributed by atoms with Gasteiger partial charge in [-0.05, 0) is 26.2 Å². The SMILES string of the molecule is CC(CC1CCCC[N+]1(C)C)(P(=O)(O)O)P(=O)(O)O. The van der Waals surface area contributed by atoms with Gasteiger partial charge in [-0.2, -0.15) is 0 Å². The summed E-state index contributed by atoms with van der Waals surface area (Å²) in [5.74, 6) is 0. The van der Waals surface area contributed by atoms with Gasteiger partial charge in [0.1, 0.15) is 0 Å². The molecule has 1 saturated heterocycles. The van der Waals surface area contributed by atoms with Crippen LogP contribution in [0.5, 0.6) is 0 Å². The Morgan fingerprint density at radius 3 is 1.95 bits per heavy atom. The Bertz CT molecular complexity index is 404. The van der Waals surface area contributed by atoms with E-state index < -0.39 is 20.1 Å². The fourth-order valence-corrected chi connectivity index (χ4v) is 4.89. The van der Waals surface area contributed by atoms with Crippen LogP contribution in [0.3, 0.4) is 0 Å². The molecule has 0 aromatic heterocycles. The van der Waals surface area contributed by atoms with E-state index in [1.54, 1.807) is 0 Å². The quantitative estimate of drug-likeness (QED) is 0.456. The van der Waals surface area contributed by atoms with Crippen molar-refractivity contribution in [1.82, 2.24) is 0 Å². The van der Waals surface area contributed by atoms with Crippen LogP contribution in [0.2, 0.25) is 0 Å². The highest BCUT2D eigenvalue weighted by molar-refractivity contribution is 7.72. The van der Waals surface area contributed by atoms with Crippen LogP contribution in [0.4, 0.5) is 0 Å². The fourth-order valence-electron chi connectivity index (χ4n) is 2.63. The molecule has 0 saturated carbocycles. The molecule has 1 aliphatic heterocycles. The molecule has 0 aromatic carbocycles. The Morgan fingerprint density at radius 2 is 1.58 bits per heavy atom. The van der Waals surface area contributed by atoms with Gasteiger partial charge in [-0.25, -0.2) is 0 Å². The summed E-state index contributed by atoms with van der Waals surface area (Å²) in [4.78, 5) is 35.2. The average Bonchev–Trinajstić information content (AvgIpc) is 2.17. The van der Waals surface area contributed by atoms with Crippen molar-refractivity contribution in [2.24, 2.45) is 0 Å². The van der Waals surface area contributed by atoms with Crippen LogP contribution in [0.15, 0.2) is 0 Å². The van der Waals surface area contributed by atoms with Crippen molar-refractivity contribution in [2.45, 2.75) is 43.5 Å². The van der Waals surface area contributed by atoms with Gasteiger partial charge in [0.05, 0.1) is 26.7 Å². The summed E-state index contributed by atoms with van der Waals surface area (Å²) in [6, 6.07) is -0.154. The van der Waals surface area contributed by atoms with Gasteiger partial charge in [-0.15, -0.1) is 0 Å². The van der Waals surface area contributed by atoms with Crippen molar-refractivity contribution in [2.75, 3.05) is 20.6 Å². The molecule has 0 aliphatic carbocycles. The largest absolute Gasteiger partial charge is 0.343 e. The molecule has 1 atom stereocenters. The van der Waals surface area contributed by atoms with Gasteiger partial charge in [0, 0.05) is 6.42 Å². The Kier molecular flexibility index (Phi) is 4.76. The van der Waals surface area contributed by atoms with E-state index in [9.17, 15) is 28.7 Å². The smallest absolute Gasteiger partial charge is 0.326 e. The van der Waals surface area contributed by atoms with E-state index in [0.29, 0.717) is 4.48 Å². The van der Waals surface area contributed by atoms with Gasteiger partial charge in [0.2, 0.25) is 0 Å². The Balaban J connectivity index is 3.10. The zero-order valence-electron chi connectivity index (χ0n) is 11.6. The van der Waals surface area contributed by atoms with Crippen molar-refractivity contribution in [1.29, 1.82) is 0 Å². The summed E-state index contributed by atoms with van der Waals surface area (Å²) in [5, 5.41) is 0. The number of hydrogen-bond donors (Lipinski definition) is 4. The van der Waals surface area contributed by atoms with E-state index in [4.69, 9.17) is 0 Å². The van der Waals surface area contributed by atoms with Gasteiger partial charge < -0.3 is 24.1 Å². The number of quaternary nitrogens is 1. The molecule has 1 aliphatic rings. The van der Waals surface area contributed by atoms with E-state index in [0.717, 1.165) is 32.7 Å². The second kappa shape index (κ2) is 5.23. The minimum absolute atomic E-state index is 0.154. The van der Waals surface area contributed by atoms with Crippen molar-refractivity contribution in [3.05, 3.63) is 0 Å². The first-order valence-electron chi connectivity index (χ1n) is 6.25. The number of piperidine rings is 1. The second-order valence-electron chi connectivity index (χ2n) is 6.16. The Hall–Kier alpha value is 0.260. The van der Waals surface area contributed by atoms with Crippen LogP contribution in [0.1, 0.15) is 32.6 Å². The van der Waals surface area contributed by atoms with Gasteiger partial charge in [0.25, 0.3) is 0 Å². The third-order valence-electron chi connectivity index (χ3n) is 4.39. The Labute approximate surface area is 113 Å². The standard InChI is InChI=1S/C10H23NO6P2/c1-10(18(12,13)14,19(15,16)17)8-9-6-4-5-7-11(9,2)3/h9H,4-8H2,1-3H3,(H3-,12,13,14,15,16,17)/p+1. The summed E-state index contributed by atoms with van der Waals surface area (Å²) in [6.45, 7) is 1.85. The van der Waals surface area contributed by atoms with Crippen LogP contribution in [0, 0.1) is 0 Å². The number of rotatable bonds is 4. The normalized spacial score (nSPS) is 25.3. The highest BCUT2D eigenvalue weighted by atomic mass is 31.2. The summed E-state index contributed by atoms with van der Waals surface area (Å²) in [7, 11) is -5.94. The molecule has 0 spiro atoms. The van der Waals surface area contributed by atoms with E-state index in [2.05, 4.69) is 0 Å². The molecule has 4 N–H and O–H groups in total. The molecule has 114 valence electrons. The number of hydrogen-bond acceptors (Lipinski definition) is 2. The van der Waals surface area contributed by atoms with Crippen molar-refractivity contribution < 1.29 is 33.2 Å². The molecular weight excluding hydrogens is 292 g/mol. The lowest BCUT2D eigenvalue weighted by molar-refractivity contribution is -0.920. The fraction of sp³-hybridized carbons (Fsp3) is 1.00. The molecule has 0 amide bonds. The topological polar surface area (TPSA) is 115 Å². The van der Waals surface area contributed by atoms with Crippen molar-refractivity contribution in [3.63, 3.8) is 0 Å². The maximum atomic E-state index is 11.6. The van der Waals surface area contributed by atoms with E-state index in [1.165, 1.54) is 0 Å². The molecule has 0 bridgehead atoms. The monoisotopic (exact) mass is 316 g/mol. The van der Waals surface area contributed by atoms with Crippen LogP contribution in [-0.2, 0) is 9.13 Å². The molecule has 1 fully saturated rings. The first kappa shape index (κ1) is 17.3. The van der Waals surface area contributed by atoms with Crippen molar-refractivity contribution >= 4 is 15.2 Å². The third kappa shape index (κ3) is 3.48. The molecule has 0 radical (unpaired) electrons. The minimum Gasteiger partial charge on any atom is -0.326 e. The predicted octanol–water partition coefficient (Wildman–Crippen LogP) is 1.08. The maximum Gasteiger partial charge on any atom is 0.343 e. The van der Waals surface area contributed by atoms with Gasteiger partial charge >= 0.3 is 15.2 Å². The highest BCUT2D eigenvalue weighted by Gasteiger charge is 2.58. The molecule has 19 heavy (non-hydrogen) atoms. The molecule has 0 aromatic rings. The first-order valence-corrected chi connectivity index (χ1v) is 9.48. The van der Waals surface area contributed by atoms with Crippen LogP contribution in [-0.4, -0.2) is 55.6 Å². The molecular formula is C10H24NO6P2+. The van der Waals surface area contributed by atoms with Crippen molar-refractivity contribution in [3.8, 4) is 0 Å². The van der Waals surface area contributed by atoms with E-state index >= 15 is 0 Å². The predicted molar refractivity (Wildman–Crippen MR) is 71.7 cm³/mol.